The van der Waals surface area contributed by atoms with Gasteiger partial charge >= 0.3 is 6.18 Å². The summed E-state index contributed by atoms with van der Waals surface area (Å²) in [5, 5.41) is 16.1. The number of nitrogen functional groups attached to an aromatic ring is 2. The summed E-state index contributed by atoms with van der Waals surface area (Å²) in [6, 6.07) is 5.68. The number of nitrogens with zero attached hydrogens (tertiary/aromatic N) is 3. The zero-order valence-electron chi connectivity index (χ0n) is 15.3. The summed E-state index contributed by atoms with van der Waals surface area (Å²) in [5.74, 6) is -0.729. The smallest absolute Gasteiger partial charge is 0.397 e. The fraction of sp³-hybridized carbons (Fsp3) is 0.0526. The normalized spacial score (nSPS) is 11.4. The highest BCUT2D eigenvalue weighted by Crippen LogP contribution is 2.43. The standard InChI is InChI=1S/C19H11F3N6OS2/c20-19(21,22)9-1-2-11(26-6-9)27-17(29)15-14(24)13-12(8-3-4-30-7-8)10(5-23)16(25)28-18(13)31-15/h1-4,6-7H,24H2,(H2,25,28)(H,26,27,29). The van der Waals surface area contributed by atoms with Gasteiger partial charge in [0.1, 0.15) is 33.0 Å². The predicted octanol–water partition coefficient (Wildman–Crippen LogP) is 4.73. The number of pyridine rings is 2. The van der Waals surface area contributed by atoms with Gasteiger partial charge in [-0.2, -0.15) is 29.8 Å². The fourth-order valence-corrected chi connectivity index (χ4v) is 4.61. The van der Waals surface area contributed by atoms with E-state index in [1.807, 2.05) is 16.8 Å². The van der Waals surface area contributed by atoms with Gasteiger partial charge in [0.2, 0.25) is 0 Å². The van der Waals surface area contributed by atoms with E-state index in [1.54, 1.807) is 6.07 Å². The van der Waals surface area contributed by atoms with Crippen LogP contribution in [0.3, 0.4) is 0 Å². The maximum absolute atomic E-state index is 12.8. The van der Waals surface area contributed by atoms with E-state index >= 15 is 0 Å². The Bertz CT molecular complexity index is 1340. The number of fused-ring (bicyclic) bond motifs is 1. The van der Waals surface area contributed by atoms with Crippen LogP contribution < -0.4 is 16.8 Å². The second-order valence-corrected chi connectivity index (χ2v) is 8.06. The summed E-state index contributed by atoms with van der Waals surface area (Å²) in [4.78, 5) is 21.0. The van der Waals surface area contributed by atoms with E-state index in [2.05, 4.69) is 15.3 Å². The van der Waals surface area contributed by atoms with Crippen molar-refractivity contribution in [2.45, 2.75) is 6.18 Å². The highest BCUT2D eigenvalue weighted by Gasteiger charge is 2.31. The molecule has 0 unspecified atom stereocenters. The second kappa shape index (κ2) is 7.53. The molecule has 0 saturated heterocycles. The first-order valence-corrected chi connectivity index (χ1v) is 10.3. The molecule has 4 rings (SSSR count). The van der Waals surface area contributed by atoms with Crippen molar-refractivity contribution in [3.8, 4) is 17.2 Å². The minimum Gasteiger partial charge on any atom is -0.397 e. The molecule has 0 aliphatic carbocycles. The Morgan fingerprint density at radius 3 is 2.58 bits per heavy atom. The number of nitrogens with one attached hydrogen (secondary N) is 1. The van der Waals surface area contributed by atoms with E-state index in [4.69, 9.17) is 11.5 Å². The summed E-state index contributed by atoms with van der Waals surface area (Å²) in [7, 11) is 0. The van der Waals surface area contributed by atoms with Gasteiger partial charge in [-0.15, -0.1) is 11.3 Å². The Balaban J connectivity index is 1.77. The number of carbonyl (C=O) groups excluding carboxylic acids is 1. The average molecular weight is 460 g/mol. The van der Waals surface area contributed by atoms with Gasteiger partial charge in [-0.3, -0.25) is 4.79 Å². The van der Waals surface area contributed by atoms with Crippen LogP contribution in [0.4, 0.5) is 30.5 Å². The maximum Gasteiger partial charge on any atom is 0.417 e. The molecule has 4 aromatic heterocycles. The molecule has 156 valence electrons. The Labute approximate surface area is 180 Å². The van der Waals surface area contributed by atoms with Crippen LogP contribution in [0.2, 0.25) is 0 Å². The molecule has 31 heavy (non-hydrogen) atoms. The van der Waals surface area contributed by atoms with Gasteiger partial charge in [0.05, 0.1) is 11.3 Å². The van der Waals surface area contributed by atoms with Crippen molar-refractivity contribution >= 4 is 56.1 Å². The minimum atomic E-state index is -4.53. The lowest BCUT2D eigenvalue weighted by Crippen LogP contribution is -2.14. The lowest BCUT2D eigenvalue weighted by molar-refractivity contribution is -0.137. The summed E-state index contributed by atoms with van der Waals surface area (Å²) < 4.78 is 38.1. The molecule has 4 heterocycles. The lowest BCUT2D eigenvalue weighted by Gasteiger charge is -2.08. The van der Waals surface area contributed by atoms with Gasteiger partial charge in [0.15, 0.2) is 0 Å². The number of hydrogen-bond donors (Lipinski definition) is 3. The van der Waals surface area contributed by atoms with E-state index in [-0.39, 0.29) is 27.8 Å². The van der Waals surface area contributed by atoms with Crippen LogP contribution in [0.5, 0.6) is 0 Å². The van der Waals surface area contributed by atoms with Crippen LogP contribution >= 0.6 is 22.7 Å². The van der Waals surface area contributed by atoms with Crippen molar-refractivity contribution in [3.63, 3.8) is 0 Å². The number of alkyl halides is 3. The predicted molar refractivity (Wildman–Crippen MR) is 114 cm³/mol. The Hall–Kier alpha value is -3.69. The van der Waals surface area contributed by atoms with Crippen LogP contribution in [0, 0.1) is 11.3 Å². The van der Waals surface area contributed by atoms with Gasteiger partial charge < -0.3 is 16.8 Å². The fourth-order valence-electron chi connectivity index (χ4n) is 2.96. The molecular formula is C19H11F3N6OS2. The van der Waals surface area contributed by atoms with Gasteiger partial charge in [-0.05, 0) is 34.5 Å². The highest BCUT2D eigenvalue weighted by atomic mass is 32.1. The third-order valence-corrected chi connectivity index (χ3v) is 6.15. The quantitative estimate of drug-likeness (QED) is 0.405. The van der Waals surface area contributed by atoms with Crippen LogP contribution in [0.15, 0.2) is 35.2 Å². The number of halogens is 3. The lowest BCUT2D eigenvalue weighted by atomic mass is 9.99. The number of nitriles is 1. The van der Waals surface area contributed by atoms with Crippen molar-refractivity contribution in [1.82, 2.24) is 9.97 Å². The molecule has 12 heteroatoms. The first-order chi connectivity index (χ1) is 14.7. The summed E-state index contributed by atoms with van der Waals surface area (Å²) >= 11 is 2.38. The second-order valence-electron chi connectivity index (χ2n) is 6.28. The molecule has 4 aromatic rings. The Morgan fingerprint density at radius 1 is 1.23 bits per heavy atom. The topological polar surface area (TPSA) is 131 Å². The monoisotopic (exact) mass is 460 g/mol. The molecule has 0 bridgehead atoms. The third-order valence-electron chi connectivity index (χ3n) is 4.36. The van der Waals surface area contributed by atoms with E-state index in [0.29, 0.717) is 27.5 Å². The van der Waals surface area contributed by atoms with E-state index in [9.17, 15) is 23.2 Å². The van der Waals surface area contributed by atoms with Gasteiger partial charge in [0.25, 0.3) is 5.91 Å². The number of rotatable bonds is 3. The first kappa shape index (κ1) is 20.6. The van der Waals surface area contributed by atoms with Gasteiger partial charge in [-0.1, -0.05) is 0 Å². The molecule has 0 aliphatic heterocycles. The number of carbonyl (C=O) groups is 1. The number of anilines is 3. The molecule has 0 aliphatic rings. The Kier molecular flexibility index (Phi) is 5.00. The van der Waals surface area contributed by atoms with Crippen molar-refractivity contribution in [1.29, 1.82) is 5.26 Å². The first-order valence-electron chi connectivity index (χ1n) is 8.49. The summed E-state index contributed by atoms with van der Waals surface area (Å²) in [5.41, 5.74) is 12.7. The van der Waals surface area contributed by atoms with Gasteiger partial charge in [0, 0.05) is 17.1 Å². The van der Waals surface area contributed by atoms with E-state index in [1.165, 1.54) is 11.3 Å². The van der Waals surface area contributed by atoms with E-state index in [0.717, 1.165) is 23.5 Å². The van der Waals surface area contributed by atoms with Crippen molar-refractivity contribution < 1.29 is 18.0 Å². The molecule has 0 aromatic carbocycles. The molecule has 0 radical (unpaired) electrons. The van der Waals surface area contributed by atoms with Crippen LogP contribution in [0.25, 0.3) is 21.3 Å². The zero-order chi connectivity index (χ0) is 22.3. The molecule has 0 atom stereocenters. The van der Waals surface area contributed by atoms with Crippen LogP contribution in [-0.4, -0.2) is 15.9 Å². The summed E-state index contributed by atoms with van der Waals surface area (Å²) in [6.45, 7) is 0. The third kappa shape index (κ3) is 3.65. The van der Waals surface area contributed by atoms with Crippen molar-refractivity contribution in [2.75, 3.05) is 16.8 Å². The largest absolute Gasteiger partial charge is 0.417 e. The molecule has 5 N–H and O–H groups in total. The number of amides is 1. The number of nitrogens with two attached hydrogens (primary N) is 2. The van der Waals surface area contributed by atoms with Crippen LogP contribution in [0.1, 0.15) is 20.8 Å². The molecule has 7 nitrogen and oxygen atoms in total. The highest BCUT2D eigenvalue weighted by molar-refractivity contribution is 7.21. The number of thiophene rings is 2. The van der Waals surface area contributed by atoms with Gasteiger partial charge in [-0.25, -0.2) is 9.97 Å². The Morgan fingerprint density at radius 2 is 2.00 bits per heavy atom. The van der Waals surface area contributed by atoms with Crippen molar-refractivity contribution in [2.24, 2.45) is 0 Å². The summed E-state index contributed by atoms with van der Waals surface area (Å²) in [6.07, 6.45) is -3.91. The number of aromatic nitrogens is 2. The average Bonchev–Trinajstić information content (AvgIpc) is 3.35. The van der Waals surface area contributed by atoms with Crippen LogP contribution in [-0.2, 0) is 6.18 Å². The molecule has 0 spiro atoms. The number of hydrogen-bond acceptors (Lipinski definition) is 8. The maximum atomic E-state index is 12.8. The zero-order valence-corrected chi connectivity index (χ0v) is 17.0. The van der Waals surface area contributed by atoms with E-state index < -0.39 is 17.6 Å². The molecular weight excluding hydrogens is 449 g/mol. The molecule has 0 saturated carbocycles. The molecule has 0 fully saturated rings. The SMILES string of the molecule is N#Cc1c(N)nc2sc(C(=O)Nc3ccc(C(F)(F)F)cn3)c(N)c2c1-c1ccsc1. The van der Waals surface area contributed by atoms with Crippen molar-refractivity contribution in [3.05, 3.63) is 51.2 Å². The minimum absolute atomic E-state index is 0.00816. The molecule has 1 amide bonds.